The maximum absolute atomic E-state index is 11.6. The molecular weight excluding hydrogens is 224 g/mol. The van der Waals surface area contributed by atoms with Crippen LogP contribution in [0.25, 0.3) is 0 Å². The monoisotopic (exact) mass is 248 g/mol. The largest absolute Gasteiger partial charge is 0.329 e. The molecule has 2 rings (SSSR count). The van der Waals surface area contributed by atoms with Crippen LogP contribution >= 0.6 is 0 Å². The summed E-state index contributed by atoms with van der Waals surface area (Å²) in [6.07, 6.45) is 7.23. The number of nitrogens with zero attached hydrogens (tertiary/aromatic N) is 2. The van der Waals surface area contributed by atoms with Gasteiger partial charge in [0.2, 0.25) is 5.91 Å². The van der Waals surface area contributed by atoms with Crippen molar-refractivity contribution >= 4 is 5.91 Å². The zero-order valence-corrected chi connectivity index (χ0v) is 11.5. The second-order valence-electron chi connectivity index (χ2n) is 5.38. The maximum Gasteiger partial charge on any atom is 0.220 e. The SMILES string of the molecule is CC(=O)N1CCCCC[C@H]1C#CCN1CCCC1. The van der Waals surface area contributed by atoms with E-state index in [2.05, 4.69) is 16.7 Å². The molecule has 1 amide bonds. The Labute approximate surface area is 111 Å². The summed E-state index contributed by atoms with van der Waals surface area (Å²) in [5.41, 5.74) is 0. The Kier molecular flexibility index (Phi) is 5.07. The molecule has 0 N–H and O–H groups in total. The first-order valence-corrected chi connectivity index (χ1v) is 7.25. The minimum atomic E-state index is 0.160. The van der Waals surface area contributed by atoms with Crippen LogP contribution in [-0.2, 0) is 4.79 Å². The molecule has 2 fully saturated rings. The van der Waals surface area contributed by atoms with E-state index in [4.69, 9.17) is 0 Å². The number of likely N-dealkylation sites (tertiary alicyclic amines) is 2. The first-order valence-electron chi connectivity index (χ1n) is 7.25. The lowest BCUT2D eigenvalue weighted by Crippen LogP contribution is -2.37. The number of hydrogen-bond donors (Lipinski definition) is 0. The molecule has 18 heavy (non-hydrogen) atoms. The second kappa shape index (κ2) is 6.80. The highest BCUT2D eigenvalue weighted by Gasteiger charge is 2.21. The van der Waals surface area contributed by atoms with Crippen LogP contribution in [0.1, 0.15) is 45.4 Å². The van der Waals surface area contributed by atoms with Gasteiger partial charge in [-0.3, -0.25) is 9.69 Å². The molecule has 2 heterocycles. The van der Waals surface area contributed by atoms with Crippen molar-refractivity contribution in [3.63, 3.8) is 0 Å². The molecule has 0 aromatic heterocycles. The predicted octanol–water partition coefficient (Wildman–Crippen LogP) is 1.88. The second-order valence-corrected chi connectivity index (χ2v) is 5.38. The Morgan fingerprint density at radius 2 is 1.83 bits per heavy atom. The standard InChI is InChI=1S/C15H24N2O/c1-14(18)17-13-4-2-3-8-15(17)9-7-12-16-10-5-6-11-16/h15H,2-6,8,10-13H2,1H3/t15-/m0/s1. The van der Waals surface area contributed by atoms with Crippen molar-refractivity contribution in [3.8, 4) is 11.8 Å². The van der Waals surface area contributed by atoms with Crippen molar-refractivity contribution in [1.29, 1.82) is 0 Å². The van der Waals surface area contributed by atoms with Crippen LogP contribution in [0, 0.1) is 11.8 Å². The van der Waals surface area contributed by atoms with E-state index in [0.717, 1.165) is 25.9 Å². The lowest BCUT2D eigenvalue weighted by Gasteiger charge is -2.24. The number of rotatable bonds is 1. The first-order chi connectivity index (χ1) is 8.77. The fraction of sp³-hybridized carbons (Fsp3) is 0.800. The molecule has 3 heteroatoms. The maximum atomic E-state index is 11.6. The van der Waals surface area contributed by atoms with Crippen molar-refractivity contribution in [3.05, 3.63) is 0 Å². The average Bonchev–Trinajstić information content (AvgIpc) is 2.73. The Hall–Kier alpha value is -1.01. The van der Waals surface area contributed by atoms with Gasteiger partial charge in [0.15, 0.2) is 0 Å². The van der Waals surface area contributed by atoms with E-state index in [1.807, 2.05) is 4.90 Å². The van der Waals surface area contributed by atoms with Crippen molar-refractivity contribution in [2.75, 3.05) is 26.2 Å². The van der Waals surface area contributed by atoms with Gasteiger partial charge in [-0.2, -0.15) is 0 Å². The van der Waals surface area contributed by atoms with Crippen molar-refractivity contribution in [2.24, 2.45) is 0 Å². The normalized spacial score (nSPS) is 25.4. The van der Waals surface area contributed by atoms with Crippen molar-refractivity contribution in [1.82, 2.24) is 9.80 Å². The van der Waals surface area contributed by atoms with E-state index in [9.17, 15) is 4.79 Å². The number of hydrogen-bond acceptors (Lipinski definition) is 2. The fourth-order valence-corrected chi connectivity index (χ4v) is 2.85. The molecule has 0 saturated carbocycles. The van der Waals surface area contributed by atoms with Gasteiger partial charge in [0, 0.05) is 13.5 Å². The molecule has 2 saturated heterocycles. The first kappa shape index (κ1) is 13.4. The third-order valence-electron chi connectivity index (χ3n) is 3.93. The van der Waals surface area contributed by atoms with Gasteiger partial charge in [0.25, 0.3) is 0 Å². The van der Waals surface area contributed by atoms with E-state index in [-0.39, 0.29) is 11.9 Å². The van der Waals surface area contributed by atoms with Gasteiger partial charge in [0.1, 0.15) is 0 Å². The molecule has 0 unspecified atom stereocenters. The van der Waals surface area contributed by atoms with Crippen LogP contribution in [0.5, 0.6) is 0 Å². The Morgan fingerprint density at radius 1 is 1.11 bits per heavy atom. The highest BCUT2D eigenvalue weighted by atomic mass is 16.2. The Bertz CT molecular complexity index is 336. The topological polar surface area (TPSA) is 23.6 Å². The molecular formula is C15H24N2O. The summed E-state index contributed by atoms with van der Waals surface area (Å²) in [5.74, 6) is 6.80. The van der Waals surface area contributed by atoms with Crippen LogP contribution in [0.15, 0.2) is 0 Å². The zero-order chi connectivity index (χ0) is 12.8. The van der Waals surface area contributed by atoms with Gasteiger partial charge >= 0.3 is 0 Å². The highest BCUT2D eigenvalue weighted by molar-refractivity contribution is 5.74. The highest BCUT2D eigenvalue weighted by Crippen LogP contribution is 2.16. The summed E-state index contributed by atoms with van der Waals surface area (Å²) in [7, 11) is 0. The van der Waals surface area contributed by atoms with Gasteiger partial charge in [-0.05, 0) is 38.8 Å². The molecule has 0 radical (unpaired) electrons. The van der Waals surface area contributed by atoms with E-state index in [1.165, 1.54) is 38.8 Å². The lowest BCUT2D eigenvalue weighted by molar-refractivity contribution is -0.129. The molecule has 1 atom stereocenters. The minimum Gasteiger partial charge on any atom is -0.329 e. The molecule has 0 aromatic carbocycles. The molecule has 2 aliphatic heterocycles. The fourth-order valence-electron chi connectivity index (χ4n) is 2.85. The minimum absolute atomic E-state index is 0.160. The van der Waals surface area contributed by atoms with E-state index < -0.39 is 0 Å². The van der Waals surface area contributed by atoms with E-state index in [0.29, 0.717) is 0 Å². The van der Waals surface area contributed by atoms with Crippen LogP contribution in [0.3, 0.4) is 0 Å². The molecule has 100 valence electrons. The molecule has 3 nitrogen and oxygen atoms in total. The van der Waals surface area contributed by atoms with Gasteiger partial charge in [0.05, 0.1) is 12.6 Å². The third-order valence-corrected chi connectivity index (χ3v) is 3.93. The summed E-state index contributed by atoms with van der Waals surface area (Å²) in [4.78, 5) is 16.0. The summed E-state index contributed by atoms with van der Waals surface area (Å²) in [6.45, 7) is 5.81. The summed E-state index contributed by atoms with van der Waals surface area (Å²) in [6, 6.07) is 0.160. The van der Waals surface area contributed by atoms with E-state index >= 15 is 0 Å². The summed E-state index contributed by atoms with van der Waals surface area (Å²) < 4.78 is 0. The average molecular weight is 248 g/mol. The summed E-state index contributed by atoms with van der Waals surface area (Å²) >= 11 is 0. The molecule has 0 spiro atoms. The number of carbonyl (C=O) groups excluding carboxylic acids is 1. The molecule has 0 bridgehead atoms. The van der Waals surface area contributed by atoms with Gasteiger partial charge < -0.3 is 4.90 Å². The van der Waals surface area contributed by atoms with Crippen LogP contribution in [0.4, 0.5) is 0 Å². The number of carbonyl (C=O) groups is 1. The van der Waals surface area contributed by atoms with Crippen molar-refractivity contribution < 1.29 is 4.79 Å². The van der Waals surface area contributed by atoms with Crippen LogP contribution < -0.4 is 0 Å². The number of amides is 1. The van der Waals surface area contributed by atoms with Gasteiger partial charge in [-0.25, -0.2) is 0 Å². The smallest absolute Gasteiger partial charge is 0.220 e. The molecule has 2 aliphatic rings. The van der Waals surface area contributed by atoms with Gasteiger partial charge in [-0.15, -0.1) is 0 Å². The quantitative estimate of drug-likeness (QED) is 0.662. The van der Waals surface area contributed by atoms with Crippen molar-refractivity contribution in [2.45, 2.75) is 51.5 Å². The molecule has 0 aromatic rings. The third kappa shape index (κ3) is 3.74. The Morgan fingerprint density at radius 3 is 2.56 bits per heavy atom. The van der Waals surface area contributed by atoms with Crippen LogP contribution in [-0.4, -0.2) is 47.9 Å². The predicted molar refractivity (Wildman–Crippen MR) is 73.1 cm³/mol. The summed E-state index contributed by atoms with van der Waals surface area (Å²) in [5, 5.41) is 0. The Balaban J connectivity index is 1.91. The van der Waals surface area contributed by atoms with E-state index in [1.54, 1.807) is 6.92 Å². The lowest BCUT2D eigenvalue weighted by atomic mass is 10.1. The zero-order valence-electron chi connectivity index (χ0n) is 11.5. The molecule has 0 aliphatic carbocycles. The van der Waals surface area contributed by atoms with Gasteiger partial charge in [-0.1, -0.05) is 24.7 Å². The van der Waals surface area contributed by atoms with Crippen LogP contribution in [0.2, 0.25) is 0 Å².